The number of hydrogen-bond donors (Lipinski definition) is 1. The van der Waals surface area contributed by atoms with Crippen LogP contribution in [0.5, 0.6) is 0 Å². The first kappa shape index (κ1) is 14.0. The van der Waals surface area contributed by atoms with Crippen LogP contribution < -0.4 is 0 Å². The molecule has 1 saturated carbocycles. The molecule has 1 fully saturated rings. The van der Waals surface area contributed by atoms with E-state index in [0.717, 1.165) is 12.8 Å². The van der Waals surface area contributed by atoms with Gasteiger partial charge >= 0.3 is 0 Å². The Morgan fingerprint density at radius 2 is 2.06 bits per heavy atom. The first-order valence-corrected chi connectivity index (χ1v) is 7.20. The van der Waals surface area contributed by atoms with Crippen LogP contribution in [0.4, 0.5) is 0 Å². The van der Waals surface area contributed by atoms with Gasteiger partial charge in [-0.3, -0.25) is 0 Å². The Kier molecular flexibility index (Phi) is 4.75. The maximum atomic E-state index is 10.5. The van der Waals surface area contributed by atoms with Crippen LogP contribution in [0, 0.1) is 5.92 Å². The van der Waals surface area contributed by atoms with Gasteiger partial charge in [0, 0.05) is 14.2 Å². The lowest BCUT2D eigenvalue weighted by Gasteiger charge is -2.32. The van der Waals surface area contributed by atoms with Crippen LogP contribution in [0.2, 0.25) is 0 Å². The van der Waals surface area contributed by atoms with Crippen molar-refractivity contribution in [2.24, 2.45) is 13.0 Å². The zero-order valence-corrected chi connectivity index (χ0v) is 12.4. The minimum Gasteiger partial charge on any atom is -0.384 e. The molecule has 0 radical (unpaired) electrons. The zero-order valence-electron chi connectivity index (χ0n) is 10.8. The summed E-state index contributed by atoms with van der Waals surface area (Å²) in [6.07, 6.45) is 5.12. The van der Waals surface area contributed by atoms with Gasteiger partial charge < -0.3 is 9.84 Å². The molecule has 6 heteroatoms. The van der Waals surface area contributed by atoms with Crippen LogP contribution in [0.3, 0.4) is 0 Å². The summed E-state index contributed by atoms with van der Waals surface area (Å²) in [4.78, 5) is 0. The molecule has 1 N–H and O–H groups in total. The molecule has 0 aromatic carbocycles. The van der Waals surface area contributed by atoms with Crippen molar-refractivity contribution < 1.29 is 9.84 Å². The summed E-state index contributed by atoms with van der Waals surface area (Å²) in [5.41, 5.74) is 0.687. The van der Waals surface area contributed by atoms with E-state index in [4.69, 9.17) is 4.74 Å². The molecule has 2 rings (SSSR count). The number of methoxy groups -OCH3 is 1. The number of rotatable bonds is 4. The van der Waals surface area contributed by atoms with Crippen LogP contribution in [0.1, 0.15) is 43.9 Å². The number of halogens is 1. The Morgan fingerprint density at radius 3 is 2.56 bits per heavy atom. The maximum absolute atomic E-state index is 10.5. The van der Waals surface area contributed by atoms with Crippen molar-refractivity contribution in [2.75, 3.05) is 7.11 Å². The molecule has 0 saturated heterocycles. The predicted octanol–water partition coefficient (Wildman–Crippen LogP) is 2.21. The fourth-order valence-electron chi connectivity index (χ4n) is 2.85. The number of hydrogen-bond acceptors (Lipinski definition) is 4. The third-order valence-electron chi connectivity index (χ3n) is 3.80. The molecule has 2 unspecified atom stereocenters. The van der Waals surface area contributed by atoms with Crippen molar-refractivity contribution in [1.82, 2.24) is 15.0 Å². The molecule has 0 spiro atoms. The minimum atomic E-state index is -0.688. The Balaban J connectivity index is 2.16. The van der Waals surface area contributed by atoms with Gasteiger partial charge in [0.2, 0.25) is 0 Å². The van der Waals surface area contributed by atoms with Crippen molar-refractivity contribution in [3.05, 3.63) is 10.3 Å². The highest BCUT2D eigenvalue weighted by Gasteiger charge is 2.33. The molecule has 1 aromatic heterocycles. The fraction of sp³-hybridized carbons (Fsp3) is 0.833. The zero-order chi connectivity index (χ0) is 13.1. The minimum absolute atomic E-state index is 0.182. The van der Waals surface area contributed by atoms with E-state index in [-0.39, 0.29) is 6.10 Å². The van der Waals surface area contributed by atoms with E-state index in [1.165, 1.54) is 19.3 Å². The molecule has 1 heterocycles. The second-order valence-electron chi connectivity index (χ2n) is 4.93. The highest BCUT2D eigenvalue weighted by molar-refractivity contribution is 9.10. The standard InChI is InChI=1S/C12H20BrN3O2/c1-16-9(12(13)14-15-16)10(17)11(18-2)8-6-4-3-5-7-8/h8,10-11,17H,3-7H2,1-2H3. The SMILES string of the molecule is COC(C1CCCCC1)C(O)c1c(Br)nnn1C. The molecule has 0 bridgehead atoms. The van der Waals surface area contributed by atoms with Crippen molar-refractivity contribution >= 4 is 15.9 Å². The average molecular weight is 318 g/mol. The monoisotopic (exact) mass is 317 g/mol. The number of nitrogens with zero attached hydrogens (tertiary/aromatic N) is 3. The van der Waals surface area contributed by atoms with Gasteiger partial charge in [0.05, 0.1) is 6.10 Å². The lowest BCUT2D eigenvalue weighted by atomic mass is 9.82. The van der Waals surface area contributed by atoms with Crippen LogP contribution in [0.25, 0.3) is 0 Å². The van der Waals surface area contributed by atoms with Gasteiger partial charge in [-0.2, -0.15) is 0 Å². The van der Waals surface area contributed by atoms with Gasteiger partial charge in [-0.15, -0.1) is 5.10 Å². The average Bonchev–Trinajstić information content (AvgIpc) is 2.71. The molecule has 0 amide bonds. The van der Waals surface area contributed by atoms with Crippen molar-refractivity contribution in [1.29, 1.82) is 0 Å². The summed E-state index contributed by atoms with van der Waals surface area (Å²) < 4.78 is 7.74. The van der Waals surface area contributed by atoms with E-state index in [2.05, 4.69) is 26.2 Å². The van der Waals surface area contributed by atoms with E-state index < -0.39 is 6.10 Å². The molecular weight excluding hydrogens is 298 g/mol. The summed E-state index contributed by atoms with van der Waals surface area (Å²) in [6, 6.07) is 0. The smallest absolute Gasteiger partial charge is 0.154 e. The highest BCUT2D eigenvalue weighted by Crippen LogP contribution is 2.35. The Labute approximate surface area is 116 Å². The normalized spacial score (nSPS) is 20.9. The number of aryl methyl sites for hydroxylation is 1. The van der Waals surface area contributed by atoms with Gasteiger partial charge in [-0.05, 0) is 34.7 Å². The summed E-state index contributed by atoms with van der Waals surface area (Å²) in [5.74, 6) is 0.417. The molecule has 0 aliphatic heterocycles. The third kappa shape index (κ3) is 2.75. The molecule has 1 aliphatic rings. The summed E-state index contributed by atoms with van der Waals surface area (Å²) in [5, 5.41) is 18.3. The summed E-state index contributed by atoms with van der Waals surface area (Å²) in [6.45, 7) is 0. The van der Waals surface area contributed by atoms with Crippen LogP contribution in [0.15, 0.2) is 4.60 Å². The number of aromatic nitrogens is 3. The molecular formula is C12H20BrN3O2. The van der Waals surface area contributed by atoms with E-state index >= 15 is 0 Å². The van der Waals surface area contributed by atoms with Gasteiger partial charge in [0.1, 0.15) is 11.8 Å². The van der Waals surface area contributed by atoms with Crippen LogP contribution >= 0.6 is 15.9 Å². The molecule has 102 valence electrons. The van der Waals surface area contributed by atoms with Crippen molar-refractivity contribution in [2.45, 2.75) is 44.3 Å². The van der Waals surface area contributed by atoms with Crippen molar-refractivity contribution in [3.63, 3.8) is 0 Å². The molecule has 1 aliphatic carbocycles. The Morgan fingerprint density at radius 1 is 1.39 bits per heavy atom. The van der Waals surface area contributed by atoms with Gasteiger partial charge in [-0.1, -0.05) is 24.5 Å². The lowest BCUT2D eigenvalue weighted by Crippen LogP contribution is -2.32. The quantitative estimate of drug-likeness (QED) is 0.925. The van der Waals surface area contributed by atoms with Gasteiger partial charge in [-0.25, -0.2) is 4.68 Å². The first-order valence-electron chi connectivity index (χ1n) is 6.41. The Bertz CT molecular complexity index is 371. The van der Waals surface area contributed by atoms with Crippen molar-refractivity contribution in [3.8, 4) is 0 Å². The van der Waals surface area contributed by atoms with Crippen LogP contribution in [-0.2, 0) is 11.8 Å². The predicted molar refractivity (Wildman–Crippen MR) is 71.0 cm³/mol. The largest absolute Gasteiger partial charge is 0.384 e. The molecule has 5 nitrogen and oxygen atoms in total. The van der Waals surface area contributed by atoms with Crippen LogP contribution in [-0.4, -0.2) is 33.3 Å². The first-order chi connectivity index (χ1) is 8.65. The van der Waals surface area contributed by atoms with E-state index in [9.17, 15) is 5.11 Å². The molecule has 18 heavy (non-hydrogen) atoms. The third-order valence-corrected chi connectivity index (χ3v) is 4.37. The Hall–Kier alpha value is -0.460. The summed E-state index contributed by atoms with van der Waals surface area (Å²) >= 11 is 3.33. The lowest BCUT2D eigenvalue weighted by molar-refractivity contribution is -0.0591. The summed E-state index contributed by atoms with van der Waals surface area (Å²) in [7, 11) is 3.45. The maximum Gasteiger partial charge on any atom is 0.154 e. The second-order valence-corrected chi connectivity index (χ2v) is 5.68. The topological polar surface area (TPSA) is 60.2 Å². The van der Waals surface area contributed by atoms with E-state index in [1.54, 1.807) is 18.8 Å². The van der Waals surface area contributed by atoms with Gasteiger partial charge in [0.15, 0.2) is 4.60 Å². The fourth-order valence-corrected chi connectivity index (χ4v) is 3.41. The molecule has 1 aromatic rings. The van der Waals surface area contributed by atoms with E-state index in [1.807, 2.05) is 0 Å². The number of ether oxygens (including phenoxy) is 1. The highest BCUT2D eigenvalue weighted by atomic mass is 79.9. The van der Waals surface area contributed by atoms with E-state index in [0.29, 0.717) is 16.2 Å². The van der Waals surface area contributed by atoms with Gasteiger partial charge in [0.25, 0.3) is 0 Å². The number of aliphatic hydroxyl groups excluding tert-OH is 1. The molecule has 2 atom stereocenters. The number of aliphatic hydroxyl groups is 1. The second kappa shape index (κ2) is 6.12.